The first-order valence-corrected chi connectivity index (χ1v) is 11.4. The highest BCUT2D eigenvalue weighted by Gasteiger charge is 2.45. The summed E-state index contributed by atoms with van der Waals surface area (Å²) in [5.41, 5.74) is 5.71. The van der Waals surface area contributed by atoms with E-state index < -0.39 is 0 Å². The monoisotopic (exact) mass is 432 g/mol. The number of anilines is 1. The van der Waals surface area contributed by atoms with Crippen LogP contribution in [-0.4, -0.2) is 36.4 Å². The van der Waals surface area contributed by atoms with Crippen molar-refractivity contribution in [3.8, 4) is 11.5 Å². The van der Waals surface area contributed by atoms with Crippen LogP contribution in [0.25, 0.3) is 0 Å². The molecule has 2 aromatic carbocycles. The van der Waals surface area contributed by atoms with Crippen LogP contribution in [0.15, 0.2) is 35.3 Å². The maximum atomic E-state index is 12.6. The minimum Gasteiger partial charge on any atom is -0.493 e. The van der Waals surface area contributed by atoms with Gasteiger partial charge >= 0.3 is 0 Å². The second-order valence-electron chi connectivity index (χ2n) is 11.2. The van der Waals surface area contributed by atoms with Gasteiger partial charge in [0, 0.05) is 35.3 Å². The lowest BCUT2D eigenvalue weighted by Crippen LogP contribution is -2.58. The van der Waals surface area contributed by atoms with Gasteiger partial charge in [0.25, 0.3) is 0 Å². The van der Waals surface area contributed by atoms with Gasteiger partial charge in [0.15, 0.2) is 11.5 Å². The molecule has 5 nitrogen and oxygen atoms in total. The van der Waals surface area contributed by atoms with Crippen LogP contribution in [0.2, 0.25) is 0 Å². The molecule has 0 unspecified atom stereocenters. The molecule has 0 radical (unpaired) electrons. The van der Waals surface area contributed by atoms with Crippen molar-refractivity contribution in [2.24, 2.45) is 10.4 Å². The Morgan fingerprint density at radius 1 is 1.06 bits per heavy atom. The van der Waals surface area contributed by atoms with Gasteiger partial charge in [-0.2, -0.15) is 0 Å². The van der Waals surface area contributed by atoms with Crippen LogP contribution in [0.1, 0.15) is 63.8 Å². The number of ether oxygens (including phenoxy) is 2. The number of rotatable bonds is 3. The zero-order chi connectivity index (χ0) is 23.1. The van der Waals surface area contributed by atoms with Crippen LogP contribution < -0.4 is 14.4 Å². The average Bonchev–Trinajstić information content (AvgIpc) is 3.04. The van der Waals surface area contributed by atoms with Crippen molar-refractivity contribution in [2.75, 3.05) is 18.6 Å². The van der Waals surface area contributed by atoms with Crippen LogP contribution in [0.4, 0.5) is 5.69 Å². The van der Waals surface area contributed by atoms with E-state index in [0.717, 1.165) is 53.4 Å². The first kappa shape index (κ1) is 21.0. The quantitative estimate of drug-likeness (QED) is 0.645. The van der Waals surface area contributed by atoms with E-state index in [9.17, 15) is 4.79 Å². The molecule has 32 heavy (non-hydrogen) atoms. The fraction of sp³-hybridized carbons (Fsp3) is 0.481. The Bertz CT molecular complexity index is 1170. The Morgan fingerprint density at radius 3 is 2.47 bits per heavy atom. The molecule has 1 saturated heterocycles. The fourth-order valence-electron chi connectivity index (χ4n) is 5.27. The lowest BCUT2D eigenvalue weighted by molar-refractivity contribution is -0.132. The molecule has 5 rings (SSSR count). The van der Waals surface area contributed by atoms with Gasteiger partial charge in [-0.3, -0.25) is 9.79 Å². The average molecular weight is 433 g/mol. The summed E-state index contributed by atoms with van der Waals surface area (Å²) < 4.78 is 12.0. The SMILES string of the molecule is COc1cc2c(c3c1OC(C)(C)C3)C(c1cccc(N3CC(C)(C)C3=O)c1)=NC(C)(C)C2. The van der Waals surface area contributed by atoms with E-state index in [-0.39, 0.29) is 22.5 Å². The van der Waals surface area contributed by atoms with Gasteiger partial charge in [0.1, 0.15) is 5.60 Å². The number of carbonyl (C=O) groups is 1. The number of amides is 1. The van der Waals surface area contributed by atoms with E-state index in [1.165, 1.54) is 11.1 Å². The largest absolute Gasteiger partial charge is 0.493 e. The number of benzene rings is 2. The van der Waals surface area contributed by atoms with Gasteiger partial charge in [-0.1, -0.05) is 12.1 Å². The number of β-lactam (4-membered cyclic amide) rings is 1. The zero-order valence-corrected chi connectivity index (χ0v) is 20.1. The fourth-order valence-corrected chi connectivity index (χ4v) is 5.27. The highest BCUT2D eigenvalue weighted by atomic mass is 16.5. The molecule has 0 aromatic heterocycles. The van der Waals surface area contributed by atoms with E-state index in [4.69, 9.17) is 14.5 Å². The summed E-state index contributed by atoms with van der Waals surface area (Å²) in [7, 11) is 1.70. The lowest BCUT2D eigenvalue weighted by atomic mass is 9.80. The summed E-state index contributed by atoms with van der Waals surface area (Å²) >= 11 is 0. The normalized spacial score (nSPS) is 21.8. The smallest absolute Gasteiger partial charge is 0.234 e. The molecule has 1 amide bonds. The van der Waals surface area contributed by atoms with Crippen LogP contribution in [0.5, 0.6) is 11.5 Å². The third-order valence-corrected chi connectivity index (χ3v) is 6.71. The number of nitrogens with zero attached hydrogens (tertiary/aromatic N) is 2. The summed E-state index contributed by atoms with van der Waals surface area (Å²) in [6.45, 7) is 13.3. The van der Waals surface area contributed by atoms with E-state index in [1.807, 2.05) is 30.9 Å². The van der Waals surface area contributed by atoms with Crippen molar-refractivity contribution in [3.05, 3.63) is 52.6 Å². The molecule has 3 aliphatic rings. The molecule has 1 fully saturated rings. The van der Waals surface area contributed by atoms with Gasteiger partial charge in [0.2, 0.25) is 5.91 Å². The minimum absolute atomic E-state index is 0.168. The minimum atomic E-state index is -0.291. The predicted molar refractivity (Wildman–Crippen MR) is 127 cm³/mol. The Labute approximate surface area is 190 Å². The summed E-state index contributed by atoms with van der Waals surface area (Å²) in [4.78, 5) is 19.7. The number of fused-ring (bicyclic) bond motifs is 3. The second-order valence-corrected chi connectivity index (χ2v) is 11.2. The number of carbonyl (C=O) groups excluding carboxylic acids is 1. The molecule has 5 heteroatoms. The summed E-state index contributed by atoms with van der Waals surface area (Å²) in [5.74, 6) is 1.80. The first-order valence-electron chi connectivity index (χ1n) is 11.4. The van der Waals surface area contributed by atoms with Gasteiger partial charge < -0.3 is 14.4 Å². The molecule has 3 heterocycles. The molecule has 0 bridgehead atoms. The molecule has 168 valence electrons. The van der Waals surface area contributed by atoms with Crippen molar-refractivity contribution in [2.45, 2.75) is 65.5 Å². The first-order chi connectivity index (χ1) is 14.9. The molecule has 0 spiro atoms. The van der Waals surface area contributed by atoms with E-state index in [1.54, 1.807) is 7.11 Å². The molecule has 0 aliphatic carbocycles. The summed E-state index contributed by atoms with van der Waals surface area (Å²) in [5, 5.41) is 0. The topological polar surface area (TPSA) is 51.1 Å². The van der Waals surface area contributed by atoms with Crippen LogP contribution in [0, 0.1) is 5.41 Å². The molecular formula is C27H32N2O3. The highest BCUT2D eigenvalue weighted by molar-refractivity contribution is 6.17. The Balaban J connectivity index is 1.66. The van der Waals surface area contributed by atoms with E-state index in [0.29, 0.717) is 0 Å². The highest BCUT2D eigenvalue weighted by Crippen LogP contribution is 2.48. The van der Waals surface area contributed by atoms with Crippen LogP contribution >= 0.6 is 0 Å². The van der Waals surface area contributed by atoms with Crippen molar-refractivity contribution >= 4 is 17.3 Å². The lowest BCUT2D eigenvalue weighted by Gasteiger charge is -2.44. The van der Waals surface area contributed by atoms with Gasteiger partial charge in [-0.25, -0.2) is 0 Å². The van der Waals surface area contributed by atoms with Crippen LogP contribution in [-0.2, 0) is 17.6 Å². The van der Waals surface area contributed by atoms with Crippen molar-refractivity contribution in [1.29, 1.82) is 0 Å². The Hall–Kier alpha value is -2.82. The Morgan fingerprint density at radius 2 is 1.81 bits per heavy atom. The maximum Gasteiger partial charge on any atom is 0.234 e. The molecule has 0 saturated carbocycles. The van der Waals surface area contributed by atoms with Gasteiger partial charge in [0.05, 0.1) is 23.8 Å². The number of hydrogen-bond donors (Lipinski definition) is 0. The predicted octanol–water partition coefficient (Wildman–Crippen LogP) is 4.95. The summed E-state index contributed by atoms with van der Waals surface area (Å²) in [6, 6.07) is 10.4. The molecular weight excluding hydrogens is 400 g/mol. The van der Waals surface area contributed by atoms with Gasteiger partial charge in [-0.15, -0.1) is 0 Å². The summed E-state index contributed by atoms with van der Waals surface area (Å²) in [6.07, 6.45) is 1.65. The molecule has 0 N–H and O–H groups in total. The number of aliphatic imine (C=N–C) groups is 1. The van der Waals surface area contributed by atoms with Crippen molar-refractivity contribution in [3.63, 3.8) is 0 Å². The van der Waals surface area contributed by atoms with Crippen LogP contribution in [0.3, 0.4) is 0 Å². The molecule has 2 aromatic rings. The maximum absolute atomic E-state index is 12.6. The third kappa shape index (κ3) is 3.21. The Kier molecular flexibility index (Phi) is 4.34. The van der Waals surface area contributed by atoms with Crippen molar-refractivity contribution < 1.29 is 14.3 Å². The van der Waals surface area contributed by atoms with Crippen molar-refractivity contribution in [1.82, 2.24) is 0 Å². The second kappa shape index (κ2) is 6.60. The molecule has 0 atom stereocenters. The molecule has 3 aliphatic heterocycles. The zero-order valence-electron chi connectivity index (χ0n) is 20.1. The van der Waals surface area contributed by atoms with Gasteiger partial charge in [-0.05, 0) is 71.7 Å². The number of methoxy groups -OCH3 is 1. The number of hydrogen-bond acceptors (Lipinski definition) is 4. The third-order valence-electron chi connectivity index (χ3n) is 6.71. The van der Waals surface area contributed by atoms with E-state index in [2.05, 4.69) is 45.9 Å². The van der Waals surface area contributed by atoms with E-state index >= 15 is 0 Å². The standard InChI is InChI=1S/C27H32N2O3/c1-25(2)15-29(24(25)30)18-10-8-9-16(11-18)22-21-17(13-26(3,4)28-22)12-20(31-7)23-19(21)14-27(5,6)32-23/h8-12H,13-15H2,1-7H3.